The third kappa shape index (κ3) is 24.9. The third-order valence-corrected chi connectivity index (χ3v) is 0.597. The van der Waals surface area contributed by atoms with Crippen LogP contribution in [0.15, 0.2) is 0 Å². The van der Waals surface area contributed by atoms with Gasteiger partial charge in [-0.25, -0.2) is 10.6 Å². The Kier molecular flexibility index (Phi) is 6.84. The Morgan fingerprint density at radius 2 is 1.69 bits per heavy atom. The number of carboxylic acid groups (broad SMARTS) is 1. The SMILES string of the molecule is CC(=O)NN.CC(C)(C)OC(=O)O. The van der Waals surface area contributed by atoms with Gasteiger partial charge in [0.25, 0.3) is 0 Å². The first-order chi connectivity index (χ1) is 5.69. The van der Waals surface area contributed by atoms with Gasteiger partial charge in [0, 0.05) is 6.92 Å². The summed E-state index contributed by atoms with van der Waals surface area (Å²) in [4.78, 5) is 19.4. The first-order valence-electron chi connectivity index (χ1n) is 3.58. The number of nitrogens with one attached hydrogen (secondary N) is 1. The molecule has 0 heterocycles. The molecule has 0 aromatic carbocycles. The molecule has 6 heteroatoms. The van der Waals surface area contributed by atoms with Crippen molar-refractivity contribution in [2.24, 2.45) is 5.84 Å². The van der Waals surface area contributed by atoms with Gasteiger partial charge in [0.2, 0.25) is 5.91 Å². The van der Waals surface area contributed by atoms with E-state index in [1.165, 1.54) is 6.92 Å². The molecule has 4 N–H and O–H groups in total. The van der Waals surface area contributed by atoms with Crippen LogP contribution in [-0.2, 0) is 9.53 Å². The van der Waals surface area contributed by atoms with Crippen molar-refractivity contribution in [3.05, 3.63) is 0 Å². The fourth-order valence-electron chi connectivity index (χ4n) is 0.262. The fraction of sp³-hybridized carbons (Fsp3) is 0.714. The van der Waals surface area contributed by atoms with Crippen LogP contribution in [0.1, 0.15) is 27.7 Å². The highest BCUT2D eigenvalue weighted by Gasteiger charge is 2.13. The van der Waals surface area contributed by atoms with E-state index in [9.17, 15) is 9.59 Å². The van der Waals surface area contributed by atoms with Gasteiger partial charge in [-0.1, -0.05) is 0 Å². The molecule has 0 atom stereocenters. The molecule has 1 amide bonds. The lowest BCUT2D eigenvalue weighted by Gasteiger charge is -2.15. The van der Waals surface area contributed by atoms with Crippen LogP contribution in [0, 0.1) is 0 Å². The van der Waals surface area contributed by atoms with Crippen molar-refractivity contribution in [1.29, 1.82) is 0 Å². The zero-order valence-corrected chi connectivity index (χ0v) is 8.25. The highest BCUT2D eigenvalue weighted by Crippen LogP contribution is 2.05. The Morgan fingerprint density at radius 3 is 1.69 bits per heavy atom. The standard InChI is InChI=1S/C5H10O3.C2H6N2O/c1-5(2,3)8-4(6)7;1-2(5)4-3/h1-3H3,(H,6,7);3H2,1H3,(H,4,5). The number of hydrogen-bond acceptors (Lipinski definition) is 4. The quantitative estimate of drug-likeness (QED) is 0.224. The predicted octanol–water partition coefficient (Wildman–Crippen LogP) is 0.476. The van der Waals surface area contributed by atoms with E-state index >= 15 is 0 Å². The van der Waals surface area contributed by atoms with Gasteiger partial charge in [0.1, 0.15) is 5.60 Å². The average Bonchev–Trinajstić information content (AvgIpc) is 1.83. The summed E-state index contributed by atoms with van der Waals surface area (Å²) in [7, 11) is 0. The van der Waals surface area contributed by atoms with Crippen molar-refractivity contribution in [3.63, 3.8) is 0 Å². The molecule has 0 aromatic rings. The van der Waals surface area contributed by atoms with Crippen LogP contribution in [0.4, 0.5) is 4.79 Å². The predicted molar refractivity (Wildman–Crippen MR) is 46.9 cm³/mol. The van der Waals surface area contributed by atoms with Crippen LogP contribution in [0.2, 0.25) is 0 Å². The number of ether oxygens (including phenoxy) is 1. The summed E-state index contributed by atoms with van der Waals surface area (Å²) in [6.07, 6.45) is -1.22. The van der Waals surface area contributed by atoms with Crippen molar-refractivity contribution in [2.75, 3.05) is 0 Å². The van der Waals surface area contributed by atoms with E-state index in [2.05, 4.69) is 10.6 Å². The maximum atomic E-state index is 9.79. The lowest BCUT2D eigenvalue weighted by Crippen LogP contribution is -2.26. The van der Waals surface area contributed by atoms with Gasteiger partial charge < -0.3 is 9.84 Å². The second-order valence-corrected chi connectivity index (χ2v) is 3.18. The second-order valence-electron chi connectivity index (χ2n) is 3.18. The van der Waals surface area contributed by atoms with Crippen LogP contribution in [0.5, 0.6) is 0 Å². The van der Waals surface area contributed by atoms with Crippen molar-refractivity contribution in [2.45, 2.75) is 33.3 Å². The van der Waals surface area contributed by atoms with Gasteiger partial charge >= 0.3 is 6.16 Å². The van der Waals surface area contributed by atoms with Crippen molar-refractivity contribution < 1.29 is 19.4 Å². The lowest BCUT2D eigenvalue weighted by molar-refractivity contribution is -0.119. The Hall–Kier alpha value is -1.30. The molecule has 0 aliphatic carbocycles. The van der Waals surface area contributed by atoms with Gasteiger partial charge in [-0.05, 0) is 20.8 Å². The molecule has 0 aromatic heterocycles. The maximum Gasteiger partial charge on any atom is 0.506 e. The van der Waals surface area contributed by atoms with Gasteiger partial charge in [-0.2, -0.15) is 0 Å². The summed E-state index contributed by atoms with van der Waals surface area (Å²) in [5, 5.41) is 8.03. The molecule has 0 bridgehead atoms. The number of nitrogens with two attached hydrogens (primary N) is 1. The zero-order chi connectivity index (χ0) is 11.1. The smallest absolute Gasteiger partial charge is 0.450 e. The molecule has 0 saturated carbocycles. The number of hydrazine groups is 1. The van der Waals surface area contributed by atoms with Gasteiger partial charge in [-0.3, -0.25) is 10.2 Å². The van der Waals surface area contributed by atoms with Gasteiger partial charge in [-0.15, -0.1) is 0 Å². The van der Waals surface area contributed by atoms with Crippen LogP contribution in [-0.4, -0.2) is 22.8 Å². The number of carbonyl (C=O) groups excluding carboxylic acids is 1. The van der Waals surface area contributed by atoms with E-state index < -0.39 is 11.8 Å². The van der Waals surface area contributed by atoms with Crippen LogP contribution < -0.4 is 11.3 Å². The normalized spacial score (nSPS) is 9.31. The minimum Gasteiger partial charge on any atom is -0.450 e. The Labute approximate surface area is 77.0 Å². The number of amides is 1. The number of rotatable bonds is 0. The van der Waals surface area contributed by atoms with E-state index in [-0.39, 0.29) is 5.91 Å². The topological polar surface area (TPSA) is 102 Å². The summed E-state index contributed by atoms with van der Waals surface area (Å²) in [5.74, 6) is 4.35. The number of carbonyl (C=O) groups is 2. The minimum absolute atomic E-state index is 0.218. The van der Waals surface area contributed by atoms with Crippen molar-refractivity contribution in [1.82, 2.24) is 5.43 Å². The second kappa shape index (κ2) is 6.24. The Balaban J connectivity index is 0. The van der Waals surface area contributed by atoms with Crippen LogP contribution >= 0.6 is 0 Å². The average molecular weight is 192 g/mol. The van der Waals surface area contributed by atoms with Gasteiger partial charge in [0.15, 0.2) is 0 Å². The van der Waals surface area contributed by atoms with E-state index in [0.717, 1.165) is 0 Å². The molecule has 6 nitrogen and oxygen atoms in total. The molecule has 0 aliphatic rings. The zero-order valence-electron chi connectivity index (χ0n) is 8.25. The first-order valence-corrected chi connectivity index (χ1v) is 3.58. The molecule has 0 radical (unpaired) electrons. The largest absolute Gasteiger partial charge is 0.506 e. The van der Waals surface area contributed by atoms with E-state index in [1.807, 2.05) is 5.43 Å². The maximum absolute atomic E-state index is 9.79. The number of hydrogen-bond donors (Lipinski definition) is 3. The fourth-order valence-corrected chi connectivity index (χ4v) is 0.262. The summed E-state index contributed by atoms with van der Waals surface area (Å²) in [6.45, 7) is 6.39. The van der Waals surface area contributed by atoms with Gasteiger partial charge in [0.05, 0.1) is 0 Å². The molecule has 0 aliphatic heterocycles. The monoisotopic (exact) mass is 192 g/mol. The first kappa shape index (κ1) is 14.2. The van der Waals surface area contributed by atoms with Crippen LogP contribution in [0.3, 0.4) is 0 Å². The molecule has 0 unspecified atom stereocenters. The molecular weight excluding hydrogens is 176 g/mol. The minimum atomic E-state index is -1.22. The van der Waals surface area contributed by atoms with Crippen molar-refractivity contribution in [3.8, 4) is 0 Å². The molecule has 13 heavy (non-hydrogen) atoms. The van der Waals surface area contributed by atoms with E-state index in [0.29, 0.717) is 0 Å². The third-order valence-electron chi connectivity index (χ3n) is 0.597. The Morgan fingerprint density at radius 1 is 1.38 bits per heavy atom. The molecule has 0 fully saturated rings. The Bertz CT molecular complexity index is 174. The van der Waals surface area contributed by atoms with E-state index in [4.69, 9.17) is 5.11 Å². The van der Waals surface area contributed by atoms with Crippen LogP contribution in [0.25, 0.3) is 0 Å². The molecule has 0 saturated heterocycles. The summed E-state index contributed by atoms with van der Waals surface area (Å²) >= 11 is 0. The lowest BCUT2D eigenvalue weighted by atomic mass is 10.2. The molecule has 0 spiro atoms. The molecule has 0 rings (SSSR count). The molecular formula is C7H16N2O4. The highest BCUT2D eigenvalue weighted by molar-refractivity contribution is 5.71. The van der Waals surface area contributed by atoms with E-state index in [1.54, 1.807) is 20.8 Å². The summed E-state index contributed by atoms with van der Waals surface area (Å²) in [6, 6.07) is 0. The highest BCUT2D eigenvalue weighted by atomic mass is 16.7. The van der Waals surface area contributed by atoms with Crippen molar-refractivity contribution >= 4 is 12.1 Å². The molecule has 78 valence electrons. The summed E-state index contributed by atoms with van der Waals surface area (Å²) < 4.78 is 4.35. The summed E-state index contributed by atoms with van der Waals surface area (Å²) in [5.41, 5.74) is 1.31.